The number of thiocarbonyl (C=S) groups is 1. The molecule has 0 unspecified atom stereocenters. The summed E-state index contributed by atoms with van der Waals surface area (Å²) in [5, 5.41) is 3.46. The van der Waals surface area contributed by atoms with E-state index in [1.165, 1.54) is 0 Å². The number of nitrogens with two attached hydrogens (primary N) is 1. The van der Waals surface area contributed by atoms with Crippen LogP contribution < -0.4 is 16.6 Å². The topological polar surface area (TPSA) is 79.6 Å². The van der Waals surface area contributed by atoms with Crippen molar-refractivity contribution in [2.45, 2.75) is 45.3 Å². The lowest BCUT2D eigenvalue weighted by atomic mass is 10.1. The summed E-state index contributed by atoms with van der Waals surface area (Å²) < 4.78 is 5.34. The minimum Gasteiger partial charge on any atom is -0.444 e. The first-order valence-electron chi connectivity index (χ1n) is 6.07. The number of hydrazine groups is 1. The van der Waals surface area contributed by atoms with Crippen molar-refractivity contribution < 1.29 is 9.53 Å². The molecule has 1 heterocycles. The molecule has 7 heteroatoms. The van der Waals surface area contributed by atoms with Crippen molar-refractivity contribution in [3.8, 4) is 0 Å². The molecular formula is C11H22N4O2S. The molecule has 4 N–H and O–H groups in total. The van der Waals surface area contributed by atoms with Gasteiger partial charge in [-0.15, -0.1) is 0 Å². The van der Waals surface area contributed by atoms with Crippen LogP contribution in [-0.2, 0) is 4.74 Å². The molecule has 104 valence electrons. The van der Waals surface area contributed by atoms with Crippen molar-refractivity contribution in [2.24, 2.45) is 5.84 Å². The summed E-state index contributed by atoms with van der Waals surface area (Å²) in [5.74, 6) is 5.21. The average molecular weight is 274 g/mol. The predicted molar refractivity (Wildman–Crippen MR) is 73.9 cm³/mol. The molecule has 1 saturated heterocycles. The average Bonchev–Trinajstić information content (AvgIpc) is 2.27. The Morgan fingerprint density at radius 2 is 2.17 bits per heavy atom. The third-order valence-corrected chi connectivity index (χ3v) is 2.78. The van der Waals surface area contributed by atoms with Crippen molar-refractivity contribution in [3.63, 3.8) is 0 Å². The molecule has 0 spiro atoms. The van der Waals surface area contributed by atoms with Crippen LogP contribution >= 0.6 is 12.2 Å². The van der Waals surface area contributed by atoms with Gasteiger partial charge in [0.15, 0.2) is 5.11 Å². The van der Waals surface area contributed by atoms with Crippen LogP contribution in [0.2, 0.25) is 0 Å². The molecule has 0 aromatic carbocycles. The van der Waals surface area contributed by atoms with Gasteiger partial charge in [-0.1, -0.05) is 0 Å². The molecule has 1 fully saturated rings. The van der Waals surface area contributed by atoms with E-state index in [0.29, 0.717) is 11.7 Å². The molecule has 18 heavy (non-hydrogen) atoms. The number of nitrogens with one attached hydrogen (secondary N) is 2. The van der Waals surface area contributed by atoms with Gasteiger partial charge in [-0.3, -0.25) is 0 Å². The summed E-state index contributed by atoms with van der Waals surface area (Å²) in [6.45, 7) is 6.88. The number of likely N-dealkylation sites (tertiary alicyclic amines) is 1. The van der Waals surface area contributed by atoms with Crippen LogP contribution in [0.1, 0.15) is 33.6 Å². The van der Waals surface area contributed by atoms with E-state index < -0.39 is 5.60 Å². The zero-order valence-corrected chi connectivity index (χ0v) is 12.0. The van der Waals surface area contributed by atoms with Gasteiger partial charge in [-0.05, 0) is 45.8 Å². The van der Waals surface area contributed by atoms with E-state index in [2.05, 4.69) is 10.7 Å². The summed E-state index contributed by atoms with van der Waals surface area (Å²) in [6.07, 6.45) is 1.60. The summed E-state index contributed by atoms with van der Waals surface area (Å²) in [4.78, 5) is 13.6. The second-order valence-electron chi connectivity index (χ2n) is 5.38. The first kappa shape index (κ1) is 15.0. The Morgan fingerprint density at radius 3 is 2.72 bits per heavy atom. The second-order valence-corrected chi connectivity index (χ2v) is 5.79. The Morgan fingerprint density at radius 1 is 1.50 bits per heavy atom. The summed E-state index contributed by atoms with van der Waals surface area (Å²) in [7, 11) is 0. The summed E-state index contributed by atoms with van der Waals surface area (Å²) in [5.41, 5.74) is 1.91. The highest BCUT2D eigenvalue weighted by Crippen LogP contribution is 2.15. The molecule has 0 aromatic heterocycles. The monoisotopic (exact) mass is 274 g/mol. The molecular weight excluding hydrogens is 252 g/mol. The lowest BCUT2D eigenvalue weighted by Crippen LogP contribution is -2.53. The van der Waals surface area contributed by atoms with Crippen molar-refractivity contribution in [1.29, 1.82) is 0 Å². The fourth-order valence-electron chi connectivity index (χ4n) is 1.81. The van der Waals surface area contributed by atoms with Gasteiger partial charge in [0.25, 0.3) is 0 Å². The number of ether oxygens (including phenoxy) is 1. The van der Waals surface area contributed by atoms with Gasteiger partial charge in [0.2, 0.25) is 0 Å². The predicted octanol–water partition coefficient (Wildman–Crippen LogP) is 0.724. The second kappa shape index (κ2) is 6.19. The molecule has 1 rings (SSSR count). The fourth-order valence-corrected chi connectivity index (χ4v) is 1.98. The number of carbonyl (C=O) groups is 1. The zero-order valence-electron chi connectivity index (χ0n) is 11.2. The van der Waals surface area contributed by atoms with E-state index >= 15 is 0 Å². The highest BCUT2D eigenvalue weighted by molar-refractivity contribution is 7.80. The SMILES string of the molecule is CC(C)(C)OC(=O)N1CCC[C@@H](NC(=S)NN)C1. The first-order chi connectivity index (χ1) is 8.31. The standard InChI is InChI=1S/C11H22N4O2S/c1-11(2,3)17-10(16)15-6-4-5-8(7-15)13-9(18)14-12/h8H,4-7,12H2,1-3H3,(H2,13,14,18)/t8-/m1/s1. The Bertz CT molecular complexity index is 317. The molecule has 1 aliphatic rings. The summed E-state index contributed by atoms with van der Waals surface area (Å²) in [6, 6.07) is 0.120. The van der Waals surface area contributed by atoms with E-state index in [-0.39, 0.29) is 12.1 Å². The Balaban J connectivity index is 2.48. The number of hydrogen-bond donors (Lipinski definition) is 3. The summed E-state index contributed by atoms with van der Waals surface area (Å²) >= 11 is 4.95. The molecule has 0 aromatic rings. The van der Waals surface area contributed by atoms with Crippen LogP contribution in [0.3, 0.4) is 0 Å². The van der Waals surface area contributed by atoms with Crippen LogP contribution in [0.25, 0.3) is 0 Å². The van der Waals surface area contributed by atoms with E-state index in [9.17, 15) is 4.79 Å². The number of rotatable bonds is 1. The van der Waals surface area contributed by atoms with Crippen molar-refractivity contribution in [1.82, 2.24) is 15.6 Å². The smallest absolute Gasteiger partial charge is 0.410 e. The molecule has 1 aliphatic heterocycles. The van der Waals surface area contributed by atoms with Gasteiger partial charge >= 0.3 is 6.09 Å². The molecule has 1 atom stereocenters. The Labute approximate surface area is 113 Å². The fraction of sp³-hybridized carbons (Fsp3) is 0.818. The molecule has 0 bridgehead atoms. The number of amides is 1. The van der Waals surface area contributed by atoms with Crippen LogP contribution in [0, 0.1) is 0 Å². The minimum atomic E-state index is -0.467. The van der Waals surface area contributed by atoms with Gasteiger partial charge in [-0.25, -0.2) is 10.6 Å². The number of nitrogens with zero attached hydrogens (tertiary/aromatic N) is 1. The van der Waals surface area contributed by atoms with Crippen molar-refractivity contribution in [3.05, 3.63) is 0 Å². The van der Waals surface area contributed by atoms with E-state index in [0.717, 1.165) is 19.4 Å². The highest BCUT2D eigenvalue weighted by atomic mass is 32.1. The van der Waals surface area contributed by atoms with Gasteiger partial charge in [-0.2, -0.15) is 0 Å². The molecule has 0 aliphatic carbocycles. The van der Waals surface area contributed by atoms with Crippen LogP contribution in [0.15, 0.2) is 0 Å². The minimum absolute atomic E-state index is 0.120. The lowest BCUT2D eigenvalue weighted by molar-refractivity contribution is 0.0194. The van der Waals surface area contributed by atoms with Crippen LogP contribution in [-0.4, -0.2) is 40.8 Å². The van der Waals surface area contributed by atoms with Crippen LogP contribution in [0.4, 0.5) is 4.79 Å². The molecule has 0 radical (unpaired) electrons. The van der Waals surface area contributed by atoms with Gasteiger partial charge < -0.3 is 20.4 Å². The third kappa shape index (κ3) is 5.05. The van der Waals surface area contributed by atoms with E-state index in [4.69, 9.17) is 22.8 Å². The number of piperidine rings is 1. The maximum atomic E-state index is 11.9. The van der Waals surface area contributed by atoms with Crippen LogP contribution in [0.5, 0.6) is 0 Å². The highest BCUT2D eigenvalue weighted by Gasteiger charge is 2.27. The maximum Gasteiger partial charge on any atom is 0.410 e. The third-order valence-electron chi connectivity index (χ3n) is 2.54. The molecule has 6 nitrogen and oxygen atoms in total. The Kier molecular flexibility index (Phi) is 5.15. The van der Waals surface area contributed by atoms with Crippen molar-refractivity contribution >= 4 is 23.4 Å². The first-order valence-corrected chi connectivity index (χ1v) is 6.47. The Hall–Kier alpha value is -1.08. The quantitative estimate of drug-likeness (QED) is 0.371. The van der Waals surface area contributed by atoms with E-state index in [1.807, 2.05) is 20.8 Å². The zero-order chi connectivity index (χ0) is 13.8. The number of carbonyl (C=O) groups excluding carboxylic acids is 1. The largest absolute Gasteiger partial charge is 0.444 e. The van der Waals surface area contributed by atoms with Gasteiger partial charge in [0.1, 0.15) is 5.60 Å². The molecule has 0 saturated carbocycles. The van der Waals surface area contributed by atoms with Gasteiger partial charge in [0, 0.05) is 19.1 Å². The lowest BCUT2D eigenvalue weighted by Gasteiger charge is -2.34. The van der Waals surface area contributed by atoms with Gasteiger partial charge in [0.05, 0.1) is 0 Å². The van der Waals surface area contributed by atoms with E-state index in [1.54, 1.807) is 4.90 Å². The molecule has 1 amide bonds. The number of hydrogen-bond acceptors (Lipinski definition) is 4. The maximum absolute atomic E-state index is 11.9. The van der Waals surface area contributed by atoms with Crippen molar-refractivity contribution in [2.75, 3.05) is 13.1 Å². The normalized spacial score (nSPS) is 20.2.